The van der Waals surface area contributed by atoms with Crippen molar-refractivity contribution in [3.8, 4) is 5.75 Å². The molecule has 3 N–H and O–H groups in total. The zero-order valence-corrected chi connectivity index (χ0v) is 10.9. The Labute approximate surface area is 108 Å². The lowest BCUT2D eigenvalue weighted by molar-refractivity contribution is -0.123. The molecule has 0 aliphatic heterocycles. The van der Waals surface area contributed by atoms with Crippen LogP contribution < -0.4 is 5.32 Å². The minimum Gasteiger partial charge on any atom is -0.508 e. The smallest absolute Gasteiger partial charge is 0.222 e. The summed E-state index contributed by atoms with van der Waals surface area (Å²) in [5.41, 5.74) is 0.972. The monoisotopic (exact) mass is 251 g/mol. The topological polar surface area (TPSA) is 69.6 Å². The van der Waals surface area contributed by atoms with Crippen LogP contribution in [0.15, 0.2) is 24.3 Å². The summed E-state index contributed by atoms with van der Waals surface area (Å²) >= 11 is 0. The fourth-order valence-corrected chi connectivity index (χ4v) is 1.56. The maximum absolute atomic E-state index is 11.5. The molecule has 0 radical (unpaired) electrons. The largest absolute Gasteiger partial charge is 0.508 e. The predicted molar refractivity (Wildman–Crippen MR) is 70.3 cm³/mol. The van der Waals surface area contributed by atoms with Crippen molar-refractivity contribution >= 4 is 5.91 Å². The van der Waals surface area contributed by atoms with Crippen LogP contribution in [0.1, 0.15) is 25.8 Å². The number of benzene rings is 1. The van der Waals surface area contributed by atoms with Crippen LogP contribution >= 0.6 is 0 Å². The van der Waals surface area contributed by atoms with E-state index in [4.69, 9.17) is 0 Å². The number of aliphatic hydroxyl groups excluding tert-OH is 1. The number of hydrogen-bond acceptors (Lipinski definition) is 3. The Kier molecular flexibility index (Phi) is 5.65. The minimum absolute atomic E-state index is 0.0850. The molecule has 18 heavy (non-hydrogen) atoms. The number of carbonyl (C=O) groups excluding carboxylic acids is 1. The quantitative estimate of drug-likeness (QED) is 0.717. The number of phenols is 1. The summed E-state index contributed by atoms with van der Waals surface area (Å²) in [6.45, 7) is 4.27. The Bertz CT molecular complexity index is 390. The van der Waals surface area contributed by atoms with Gasteiger partial charge in [-0.2, -0.15) is 0 Å². The summed E-state index contributed by atoms with van der Waals surface area (Å²) in [6, 6.07) is 6.96. The average Bonchev–Trinajstić information content (AvgIpc) is 2.28. The number of amides is 1. The lowest BCUT2D eigenvalue weighted by Gasteiger charge is -2.13. The van der Waals surface area contributed by atoms with Crippen LogP contribution in [0.2, 0.25) is 0 Å². The summed E-state index contributed by atoms with van der Waals surface area (Å²) in [4.78, 5) is 11.5. The van der Waals surface area contributed by atoms with Crippen molar-refractivity contribution in [3.05, 3.63) is 29.8 Å². The van der Waals surface area contributed by atoms with E-state index in [0.29, 0.717) is 13.0 Å². The zero-order chi connectivity index (χ0) is 13.5. The molecule has 1 aromatic rings. The first-order chi connectivity index (χ1) is 8.49. The average molecular weight is 251 g/mol. The van der Waals surface area contributed by atoms with Gasteiger partial charge in [-0.1, -0.05) is 26.0 Å². The van der Waals surface area contributed by atoms with E-state index in [9.17, 15) is 15.0 Å². The third-order valence-corrected chi connectivity index (χ3v) is 2.81. The molecule has 0 aliphatic rings. The van der Waals surface area contributed by atoms with Gasteiger partial charge in [0.25, 0.3) is 0 Å². The molecule has 1 aromatic carbocycles. The highest BCUT2D eigenvalue weighted by molar-refractivity contribution is 5.76. The number of nitrogens with one attached hydrogen (secondary N) is 1. The van der Waals surface area contributed by atoms with Crippen molar-refractivity contribution in [2.24, 2.45) is 5.92 Å². The molecule has 1 atom stereocenters. The molecule has 0 fully saturated rings. The lowest BCUT2D eigenvalue weighted by atomic mass is 10.0. The fraction of sp³-hybridized carbons (Fsp3) is 0.500. The highest BCUT2D eigenvalue weighted by Crippen LogP contribution is 2.11. The molecule has 0 spiro atoms. The fourth-order valence-electron chi connectivity index (χ4n) is 1.56. The van der Waals surface area contributed by atoms with Gasteiger partial charge >= 0.3 is 0 Å². The molecule has 100 valence electrons. The number of phenolic OH excluding ortho intramolecular Hbond substituents is 1. The van der Waals surface area contributed by atoms with Crippen LogP contribution in [0.4, 0.5) is 0 Å². The van der Waals surface area contributed by atoms with Gasteiger partial charge in [0.1, 0.15) is 5.75 Å². The van der Waals surface area contributed by atoms with Crippen LogP contribution in [0, 0.1) is 5.92 Å². The lowest BCUT2D eigenvalue weighted by Crippen LogP contribution is -2.30. The van der Waals surface area contributed by atoms with E-state index in [1.165, 1.54) is 0 Å². The Morgan fingerprint density at radius 3 is 2.72 bits per heavy atom. The Balaban J connectivity index is 2.27. The second kappa shape index (κ2) is 7.01. The maximum atomic E-state index is 11.5. The second-order valence-electron chi connectivity index (χ2n) is 4.79. The molecule has 0 bridgehead atoms. The third-order valence-electron chi connectivity index (χ3n) is 2.81. The predicted octanol–water partition coefficient (Wildman–Crippen LogP) is 1.46. The third kappa shape index (κ3) is 5.19. The van der Waals surface area contributed by atoms with Gasteiger partial charge in [-0.05, 0) is 30.0 Å². The molecular formula is C14H21NO3. The molecular weight excluding hydrogens is 230 g/mol. The van der Waals surface area contributed by atoms with Crippen LogP contribution in [-0.2, 0) is 11.2 Å². The first-order valence-corrected chi connectivity index (χ1v) is 6.21. The number of hydrogen-bond donors (Lipinski definition) is 3. The first kappa shape index (κ1) is 14.5. The molecule has 4 heteroatoms. The first-order valence-electron chi connectivity index (χ1n) is 6.21. The van der Waals surface area contributed by atoms with Crippen molar-refractivity contribution in [1.29, 1.82) is 0 Å². The number of aromatic hydroxyl groups is 1. The second-order valence-corrected chi connectivity index (χ2v) is 4.79. The molecule has 0 aliphatic carbocycles. The molecule has 0 aromatic heterocycles. The summed E-state index contributed by atoms with van der Waals surface area (Å²) < 4.78 is 0. The number of carbonyl (C=O) groups is 1. The van der Waals surface area contributed by atoms with Gasteiger partial charge in [0.2, 0.25) is 5.91 Å². The van der Waals surface area contributed by atoms with E-state index in [2.05, 4.69) is 5.32 Å². The Morgan fingerprint density at radius 2 is 2.11 bits per heavy atom. The van der Waals surface area contributed by atoms with Crippen molar-refractivity contribution in [1.82, 2.24) is 5.32 Å². The Morgan fingerprint density at radius 1 is 1.39 bits per heavy atom. The van der Waals surface area contributed by atoms with E-state index >= 15 is 0 Å². The van der Waals surface area contributed by atoms with E-state index in [0.717, 1.165) is 5.56 Å². The highest BCUT2D eigenvalue weighted by Gasteiger charge is 2.13. The van der Waals surface area contributed by atoms with E-state index in [-0.39, 0.29) is 24.0 Å². The normalized spacial score (nSPS) is 12.4. The summed E-state index contributed by atoms with van der Waals surface area (Å²) in [6.07, 6.45) is 0.209. The van der Waals surface area contributed by atoms with Crippen LogP contribution in [0.5, 0.6) is 5.75 Å². The summed E-state index contributed by atoms with van der Waals surface area (Å²) in [5, 5.41) is 21.6. The van der Waals surface area contributed by atoms with Crippen LogP contribution in [0.3, 0.4) is 0 Å². The highest BCUT2D eigenvalue weighted by atomic mass is 16.3. The minimum atomic E-state index is -0.592. The van der Waals surface area contributed by atoms with Gasteiger partial charge in [0, 0.05) is 6.54 Å². The summed E-state index contributed by atoms with van der Waals surface area (Å²) in [7, 11) is 0. The van der Waals surface area contributed by atoms with Crippen molar-refractivity contribution < 1.29 is 15.0 Å². The number of aliphatic hydroxyl groups is 1. The molecule has 1 unspecified atom stereocenters. The van der Waals surface area contributed by atoms with Crippen LogP contribution in [0.25, 0.3) is 0 Å². The van der Waals surface area contributed by atoms with E-state index < -0.39 is 6.10 Å². The maximum Gasteiger partial charge on any atom is 0.222 e. The van der Waals surface area contributed by atoms with Crippen molar-refractivity contribution in [2.75, 3.05) is 6.54 Å². The van der Waals surface area contributed by atoms with E-state index in [1.54, 1.807) is 18.2 Å². The SMILES string of the molecule is CC(C)C(O)CC(=O)NCCc1cccc(O)c1. The van der Waals surface area contributed by atoms with Gasteiger partial charge in [0.15, 0.2) is 0 Å². The van der Waals surface area contributed by atoms with Gasteiger partial charge in [-0.15, -0.1) is 0 Å². The number of rotatable bonds is 6. The molecule has 1 amide bonds. The summed E-state index contributed by atoms with van der Waals surface area (Å²) in [5.74, 6) is 0.173. The van der Waals surface area contributed by atoms with E-state index in [1.807, 2.05) is 19.9 Å². The zero-order valence-electron chi connectivity index (χ0n) is 10.9. The van der Waals surface area contributed by atoms with Gasteiger partial charge in [-0.25, -0.2) is 0 Å². The molecule has 0 saturated heterocycles. The van der Waals surface area contributed by atoms with Crippen LogP contribution in [-0.4, -0.2) is 28.8 Å². The molecule has 0 heterocycles. The molecule has 1 rings (SSSR count). The van der Waals surface area contributed by atoms with Crippen molar-refractivity contribution in [3.63, 3.8) is 0 Å². The van der Waals surface area contributed by atoms with Gasteiger partial charge < -0.3 is 15.5 Å². The molecule has 4 nitrogen and oxygen atoms in total. The standard InChI is InChI=1S/C14H21NO3/c1-10(2)13(17)9-14(18)15-7-6-11-4-3-5-12(16)8-11/h3-5,8,10,13,16-17H,6-7,9H2,1-2H3,(H,15,18). The van der Waals surface area contributed by atoms with Crippen molar-refractivity contribution in [2.45, 2.75) is 32.8 Å². The Hall–Kier alpha value is -1.55. The van der Waals surface area contributed by atoms with Gasteiger partial charge in [-0.3, -0.25) is 4.79 Å². The van der Waals surface area contributed by atoms with Gasteiger partial charge in [0.05, 0.1) is 12.5 Å². The molecule has 0 saturated carbocycles.